The summed E-state index contributed by atoms with van der Waals surface area (Å²) in [5.41, 5.74) is 7.40. The third-order valence-electron chi connectivity index (χ3n) is 3.43. The number of fused-ring (bicyclic) bond motifs is 1. The second-order valence-corrected chi connectivity index (χ2v) is 5.22. The van der Waals surface area contributed by atoms with Gasteiger partial charge < -0.3 is 11.1 Å². The first-order valence-corrected chi connectivity index (χ1v) is 6.49. The molecule has 4 nitrogen and oxygen atoms in total. The zero-order chi connectivity index (χ0) is 12.5. The van der Waals surface area contributed by atoms with Gasteiger partial charge >= 0.3 is 0 Å². The van der Waals surface area contributed by atoms with E-state index in [0.717, 1.165) is 28.3 Å². The van der Waals surface area contributed by atoms with Crippen molar-refractivity contribution in [2.75, 3.05) is 11.1 Å². The summed E-state index contributed by atoms with van der Waals surface area (Å²) in [6.45, 7) is 2.21. The van der Waals surface area contributed by atoms with Crippen LogP contribution in [0, 0.1) is 5.92 Å². The van der Waals surface area contributed by atoms with E-state index < -0.39 is 0 Å². The van der Waals surface area contributed by atoms with Gasteiger partial charge in [-0.25, -0.2) is 9.97 Å². The molecule has 0 bridgehead atoms. The fraction of sp³-hybridized carbons (Fsp3) is 0.429. The first kappa shape index (κ1) is 11.3. The number of hydrogen-bond donors (Lipinski definition) is 2. The highest BCUT2D eigenvalue weighted by Crippen LogP contribution is 2.34. The van der Waals surface area contributed by atoms with Gasteiger partial charge in [0.2, 0.25) is 0 Å². The summed E-state index contributed by atoms with van der Waals surface area (Å²) in [4.78, 5) is 8.59. The monoisotopic (exact) mass is 242 g/mol. The van der Waals surface area contributed by atoms with Crippen LogP contribution in [0.25, 0.3) is 10.9 Å². The normalized spacial score (nSPS) is 16.7. The van der Waals surface area contributed by atoms with Crippen LogP contribution in [-0.2, 0) is 0 Å². The van der Waals surface area contributed by atoms with Gasteiger partial charge in [-0.3, -0.25) is 0 Å². The second kappa shape index (κ2) is 4.44. The Bertz CT molecular complexity index is 563. The average Bonchev–Trinajstić information content (AvgIpc) is 3.12. The SMILES string of the molecule is CC(CC1CC1)Nc1ncnc2cc(N)ccc12. The fourth-order valence-corrected chi connectivity index (χ4v) is 2.33. The van der Waals surface area contributed by atoms with Crippen molar-refractivity contribution >= 4 is 22.4 Å². The fourth-order valence-electron chi connectivity index (χ4n) is 2.33. The number of anilines is 2. The highest BCUT2D eigenvalue weighted by molar-refractivity contribution is 5.90. The summed E-state index contributed by atoms with van der Waals surface area (Å²) >= 11 is 0. The second-order valence-electron chi connectivity index (χ2n) is 5.22. The van der Waals surface area contributed by atoms with Crippen LogP contribution in [0.1, 0.15) is 26.2 Å². The Balaban J connectivity index is 1.86. The van der Waals surface area contributed by atoms with Crippen molar-refractivity contribution in [3.63, 3.8) is 0 Å². The molecule has 3 rings (SSSR count). The molecule has 3 N–H and O–H groups in total. The molecule has 1 aliphatic carbocycles. The summed E-state index contributed by atoms with van der Waals surface area (Å²) in [6.07, 6.45) is 5.58. The smallest absolute Gasteiger partial charge is 0.137 e. The molecule has 0 saturated heterocycles. The lowest BCUT2D eigenvalue weighted by atomic mass is 10.1. The van der Waals surface area contributed by atoms with Gasteiger partial charge in [-0.1, -0.05) is 12.8 Å². The Morgan fingerprint density at radius 3 is 3.00 bits per heavy atom. The predicted molar refractivity (Wildman–Crippen MR) is 74.4 cm³/mol. The molecular weight excluding hydrogens is 224 g/mol. The molecule has 0 amide bonds. The minimum atomic E-state index is 0.452. The van der Waals surface area contributed by atoms with E-state index in [-0.39, 0.29) is 0 Å². The van der Waals surface area contributed by atoms with Crippen LogP contribution >= 0.6 is 0 Å². The quantitative estimate of drug-likeness (QED) is 0.809. The van der Waals surface area contributed by atoms with Gasteiger partial charge in [0, 0.05) is 17.1 Å². The molecule has 0 aliphatic heterocycles. The van der Waals surface area contributed by atoms with E-state index in [9.17, 15) is 0 Å². The van der Waals surface area contributed by atoms with Crippen LogP contribution in [0.2, 0.25) is 0 Å². The van der Waals surface area contributed by atoms with Crippen molar-refractivity contribution in [2.45, 2.75) is 32.2 Å². The van der Waals surface area contributed by atoms with Crippen LogP contribution in [0.4, 0.5) is 11.5 Å². The Labute approximate surface area is 107 Å². The molecule has 1 aliphatic rings. The first-order chi connectivity index (χ1) is 8.72. The molecule has 0 radical (unpaired) electrons. The zero-order valence-corrected chi connectivity index (χ0v) is 10.6. The number of rotatable bonds is 4. The molecule has 1 heterocycles. The molecule has 1 saturated carbocycles. The summed E-state index contributed by atoms with van der Waals surface area (Å²) in [5, 5.41) is 4.52. The summed E-state index contributed by atoms with van der Waals surface area (Å²) in [5.74, 6) is 1.82. The topological polar surface area (TPSA) is 63.8 Å². The lowest BCUT2D eigenvalue weighted by molar-refractivity contribution is 0.640. The molecule has 18 heavy (non-hydrogen) atoms. The van der Waals surface area contributed by atoms with E-state index in [1.807, 2.05) is 18.2 Å². The molecule has 1 aromatic carbocycles. The Morgan fingerprint density at radius 1 is 1.39 bits per heavy atom. The Hall–Kier alpha value is -1.84. The molecular formula is C14H18N4. The van der Waals surface area contributed by atoms with Crippen molar-refractivity contribution < 1.29 is 0 Å². The molecule has 1 unspecified atom stereocenters. The molecule has 1 fully saturated rings. The van der Waals surface area contributed by atoms with Crippen molar-refractivity contribution in [1.29, 1.82) is 0 Å². The molecule has 4 heteroatoms. The lowest BCUT2D eigenvalue weighted by Crippen LogP contribution is -2.17. The Morgan fingerprint density at radius 2 is 2.22 bits per heavy atom. The van der Waals surface area contributed by atoms with Gasteiger partial charge in [0.15, 0.2) is 0 Å². The van der Waals surface area contributed by atoms with Crippen molar-refractivity contribution in [2.24, 2.45) is 5.92 Å². The third-order valence-corrected chi connectivity index (χ3v) is 3.43. The number of hydrogen-bond acceptors (Lipinski definition) is 4. The standard InChI is InChI=1S/C14H18N4/c1-9(6-10-2-3-10)18-14-12-5-4-11(15)7-13(12)16-8-17-14/h4-5,7-10H,2-3,6,15H2,1H3,(H,16,17,18). The van der Waals surface area contributed by atoms with Crippen LogP contribution in [0.3, 0.4) is 0 Å². The highest BCUT2D eigenvalue weighted by atomic mass is 15.0. The molecule has 2 aromatic rings. The Kier molecular flexibility index (Phi) is 2.78. The van der Waals surface area contributed by atoms with Crippen LogP contribution in [0.5, 0.6) is 0 Å². The van der Waals surface area contributed by atoms with Gasteiger partial charge in [0.05, 0.1) is 5.52 Å². The highest BCUT2D eigenvalue weighted by Gasteiger charge is 2.23. The van der Waals surface area contributed by atoms with E-state index in [1.165, 1.54) is 19.3 Å². The van der Waals surface area contributed by atoms with Gasteiger partial charge in [0.25, 0.3) is 0 Å². The summed E-state index contributed by atoms with van der Waals surface area (Å²) in [7, 11) is 0. The summed E-state index contributed by atoms with van der Waals surface area (Å²) < 4.78 is 0. The number of nitrogens with one attached hydrogen (secondary N) is 1. The molecule has 0 spiro atoms. The number of nitrogen functional groups attached to an aromatic ring is 1. The number of nitrogens with two attached hydrogens (primary N) is 1. The summed E-state index contributed by atoms with van der Waals surface area (Å²) in [6, 6.07) is 6.21. The predicted octanol–water partition coefficient (Wildman–Crippen LogP) is 2.81. The largest absolute Gasteiger partial charge is 0.399 e. The van der Waals surface area contributed by atoms with Crippen molar-refractivity contribution in [1.82, 2.24) is 9.97 Å². The van der Waals surface area contributed by atoms with Crippen LogP contribution in [0.15, 0.2) is 24.5 Å². The van der Waals surface area contributed by atoms with Crippen molar-refractivity contribution in [3.05, 3.63) is 24.5 Å². The van der Waals surface area contributed by atoms with Gasteiger partial charge in [-0.05, 0) is 37.5 Å². The van der Waals surface area contributed by atoms with Crippen molar-refractivity contribution in [3.8, 4) is 0 Å². The van der Waals surface area contributed by atoms with Crippen LogP contribution in [-0.4, -0.2) is 16.0 Å². The average molecular weight is 242 g/mol. The van der Waals surface area contributed by atoms with E-state index in [1.54, 1.807) is 6.33 Å². The van der Waals surface area contributed by atoms with E-state index in [4.69, 9.17) is 5.73 Å². The third kappa shape index (κ3) is 2.37. The van der Waals surface area contributed by atoms with Gasteiger partial charge in [-0.2, -0.15) is 0 Å². The number of benzene rings is 1. The van der Waals surface area contributed by atoms with E-state index in [2.05, 4.69) is 22.2 Å². The van der Waals surface area contributed by atoms with Gasteiger partial charge in [0.1, 0.15) is 12.1 Å². The maximum Gasteiger partial charge on any atom is 0.137 e. The number of nitrogens with zero attached hydrogens (tertiary/aromatic N) is 2. The van der Waals surface area contributed by atoms with E-state index >= 15 is 0 Å². The maximum absolute atomic E-state index is 5.77. The maximum atomic E-state index is 5.77. The minimum absolute atomic E-state index is 0.452. The first-order valence-electron chi connectivity index (χ1n) is 6.49. The lowest BCUT2D eigenvalue weighted by Gasteiger charge is -2.15. The minimum Gasteiger partial charge on any atom is -0.399 e. The van der Waals surface area contributed by atoms with Gasteiger partial charge in [-0.15, -0.1) is 0 Å². The number of aromatic nitrogens is 2. The zero-order valence-electron chi connectivity index (χ0n) is 10.6. The van der Waals surface area contributed by atoms with E-state index in [0.29, 0.717) is 6.04 Å². The van der Waals surface area contributed by atoms with Crippen LogP contribution < -0.4 is 11.1 Å². The molecule has 1 atom stereocenters. The molecule has 94 valence electrons. The molecule has 1 aromatic heterocycles.